The molecular formula is C16H18O3. The van der Waals surface area contributed by atoms with E-state index in [0.29, 0.717) is 24.7 Å². The van der Waals surface area contributed by atoms with Crippen LogP contribution in [0.4, 0.5) is 0 Å². The molecule has 0 saturated heterocycles. The summed E-state index contributed by atoms with van der Waals surface area (Å²) in [6, 6.07) is 0. The van der Waals surface area contributed by atoms with Gasteiger partial charge in [-0.15, -0.1) is 0 Å². The zero-order valence-corrected chi connectivity index (χ0v) is 11.0. The van der Waals surface area contributed by atoms with Crippen molar-refractivity contribution in [1.82, 2.24) is 0 Å². The van der Waals surface area contributed by atoms with Crippen LogP contribution in [0, 0.1) is 11.8 Å². The van der Waals surface area contributed by atoms with Crippen molar-refractivity contribution in [2.75, 3.05) is 6.61 Å². The van der Waals surface area contributed by atoms with E-state index in [1.165, 1.54) is 11.1 Å². The Labute approximate surface area is 112 Å². The quantitative estimate of drug-likeness (QED) is 0.670. The third-order valence-electron chi connectivity index (χ3n) is 5.26. The van der Waals surface area contributed by atoms with Gasteiger partial charge < -0.3 is 4.74 Å². The van der Waals surface area contributed by atoms with Gasteiger partial charge in [-0.05, 0) is 54.4 Å². The van der Waals surface area contributed by atoms with Gasteiger partial charge in [0, 0.05) is 18.8 Å². The molecule has 0 aromatic carbocycles. The monoisotopic (exact) mass is 258 g/mol. The Bertz CT molecular complexity index is 526. The molecule has 2 saturated carbocycles. The highest BCUT2D eigenvalue weighted by Crippen LogP contribution is 2.48. The van der Waals surface area contributed by atoms with Crippen LogP contribution in [0.2, 0.25) is 0 Å². The maximum absolute atomic E-state index is 11.9. The van der Waals surface area contributed by atoms with Crippen LogP contribution in [0.5, 0.6) is 0 Å². The average Bonchev–Trinajstić information content (AvgIpc) is 2.80. The Morgan fingerprint density at radius 3 is 2.84 bits per heavy atom. The SMILES string of the molecule is O=C1C=C2CO[C@H]3C(=C2CC1)CC[C@@H]1C(=O)CC[C@@H]13. The van der Waals surface area contributed by atoms with Crippen molar-refractivity contribution in [2.24, 2.45) is 11.8 Å². The van der Waals surface area contributed by atoms with Crippen LogP contribution >= 0.6 is 0 Å². The van der Waals surface area contributed by atoms with Gasteiger partial charge in [0.05, 0.1) is 12.7 Å². The maximum atomic E-state index is 11.9. The molecule has 4 aliphatic rings. The third kappa shape index (κ3) is 1.68. The summed E-state index contributed by atoms with van der Waals surface area (Å²) in [5, 5.41) is 0. The van der Waals surface area contributed by atoms with Crippen molar-refractivity contribution in [3.8, 4) is 0 Å². The molecule has 0 aromatic heterocycles. The second-order valence-corrected chi connectivity index (χ2v) is 6.19. The fraction of sp³-hybridized carbons (Fsp3) is 0.625. The summed E-state index contributed by atoms with van der Waals surface area (Å²) >= 11 is 0. The molecule has 3 aliphatic carbocycles. The van der Waals surface area contributed by atoms with E-state index in [1.54, 1.807) is 6.08 Å². The molecular weight excluding hydrogens is 240 g/mol. The normalized spacial score (nSPS) is 37.7. The van der Waals surface area contributed by atoms with E-state index in [4.69, 9.17) is 4.74 Å². The number of fused-ring (bicyclic) bond motifs is 4. The van der Waals surface area contributed by atoms with Crippen molar-refractivity contribution >= 4 is 11.6 Å². The number of ketones is 2. The topological polar surface area (TPSA) is 43.4 Å². The van der Waals surface area contributed by atoms with Crippen molar-refractivity contribution in [1.29, 1.82) is 0 Å². The van der Waals surface area contributed by atoms with Gasteiger partial charge in [-0.2, -0.15) is 0 Å². The van der Waals surface area contributed by atoms with E-state index in [9.17, 15) is 9.59 Å². The number of hydrogen-bond donors (Lipinski definition) is 0. The molecule has 0 radical (unpaired) electrons. The average molecular weight is 258 g/mol. The Balaban J connectivity index is 1.73. The minimum Gasteiger partial charge on any atom is -0.369 e. The van der Waals surface area contributed by atoms with Crippen molar-refractivity contribution in [3.05, 3.63) is 22.8 Å². The van der Waals surface area contributed by atoms with E-state index in [-0.39, 0.29) is 17.8 Å². The van der Waals surface area contributed by atoms with Crippen LogP contribution in [0.15, 0.2) is 22.8 Å². The van der Waals surface area contributed by atoms with Crippen LogP contribution in [-0.2, 0) is 14.3 Å². The molecule has 0 bridgehead atoms. The molecule has 0 amide bonds. The Morgan fingerprint density at radius 2 is 1.95 bits per heavy atom. The molecule has 4 rings (SSSR count). The lowest BCUT2D eigenvalue weighted by Crippen LogP contribution is -2.39. The van der Waals surface area contributed by atoms with Gasteiger partial charge >= 0.3 is 0 Å². The number of ether oxygens (including phenoxy) is 1. The van der Waals surface area contributed by atoms with Gasteiger partial charge in [0.25, 0.3) is 0 Å². The lowest BCUT2D eigenvalue weighted by atomic mass is 9.71. The predicted molar refractivity (Wildman–Crippen MR) is 69.5 cm³/mol. The van der Waals surface area contributed by atoms with Gasteiger partial charge in [-0.25, -0.2) is 0 Å². The van der Waals surface area contributed by atoms with E-state index in [0.717, 1.165) is 37.7 Å². The van der Waals surface area contributed by atoms with E-state index < -0.39 is 0 Å². The largest absolute Gasteiger partial charge is 0.369 e. The lowest BCUT2D eigenvalue weighted by Gasteiger charge is -2.41. The number of rotatable bonds is 0. The molecule has 3 atom stereocenters. The van der Waals surface area contributed by atoms with Gasteiger partial charge in [0.15, 0.2) is 5.78 Å². The molecule has 2 fully saturated rings. The first-order chi connectivity index (χ1) is 9.24. The van der Waals surface area contributed by atoms with Gasteiger partial charge in [-0.3, -0.25) is 9.59 Å². The van der Waals surface area contributed by atoms with E-state index in [2.05, 4.69) is 0 Å². The number of hydrogen-bond acceptors (Lipinski definition) is 3. The fourth-order valence-electron chi connectivity index (χ4n) is 4.37. The minimum absolute atomic E-state index is 0.158. The Morgan fingerprint density at radius 1 is 1.05 bits per heavy atom. The molecule has 0 aromatic rings. The number of Topliss-reactive ketones (excluding diaryl/α,β-unsaturated/α-hetero) is 1. The smallest absolute Gasteiger partial charge is 0.156 e. The van der Waals surface area contributed by atoms with Crippen LogP contribution < -0.4 is 0 Å². The highest BCUT2D eigenvalue weighted by atomic mass is 16.5. The van der Waals surface area contributed by atoms with Crippen molar-refractivity contribution < 1.29 is 14.3 Å². The fourth-order valence-corrected chi connectivity index (χ4v) is 4.37. The number of carbonyl (C=O) groups excluding carboxylic acids is 2. The molecule has 3 nitrogen and oxygen atoms in total. The number of carbonyl (C=O) groups is 2. The van der Waals surface area contributed by atoms with Crippen molar-refractivity contribution in [3.63, 3.8) is 0 Å². The molecule has 0 N–H and O–H groups in total. The number of allylic oxidation sites excluding steroid dienone is 1. The Hall–Kier alpha value is -1.22. The molecule has 1 heterocycles. The predicted octanol–water partition coefficient (Wildman–Crippen LogP) is 2.36. The van der Waals surface area contributed by atoms with Crippen LogP contribution in [0.25, 0.3) is 0 Å². The standard InChI is InChI=1S/C16H18O3/c17-10-1-2-11-9(7-10)8-19-16-13(11)4-3-12-14(16)5-6-15(12)18/h7,12,14,16H,1-6,8H2/t12-,14-,16-/m0/s1. The molecule has 1 aliphatic heterocycles. The summed E-state index contributed by atoms with van der Waals surface area (Å²) in [6.07, 6.45) is 7.15. The minimum atomic E-state index is 0.158. The zero-order chi connectivity index (χ0) is 13.0. The van der Waals surface area contributed by atoms with Crippen LogP contribution in [0.3, 0.4) is 0 Å². The second-order valence-electron chi connectivity index (χ2n) is 6.19. The summed E-state index contributed by atoms with van der Waals surface area (Å²) < 4.78 is 6.03. The highest BCUT2D eigenvalue weighted by molar-refractivity contribution is 5.93. The van der Waals surface area contributed by atoms with Crippen LogP contribution in [-0.4, -0.2) is 24.3 Å². The summed E-state index contributed by atoms with van der Waals surface area (Å²) in [5.41, 5.74) is 3.89. The first-order valence-electron chi connectivity index (χ1n) is 7.34. The maximum Gasteiger partial charge on any atom is 0.156 e. The zero-order valence-electron chi connectivity index (χ0n) is 11.0. The molecule has 100 valence electrons. The summed E-state index contributed by atoms with van der Waals surface area (Å²) in [4.78, 5) is 23.4. The summed E-state index contributed by atoms with van der Waals surface area (Å²) in [6.45, 7) is 0.562. The van der Waals surface area contributed by atoms with E-state index >= 15 is 0 Å². The molecule has 3 heteroatoms. The molecule has 19 heavy (non-hydrogen) atoms. The van der Waals surface area contributed by atoms with Crippen molar-refractivity contribution in [2.45, 2.75) is 44.6 Å². The van der Waals surface area contributed by atoms with Crippen LogP contribution in [0.1, 0.15) is 38.5 Å². The Kier molecular flexibility index (Phi) is 2.52. The summed E-state index contributed by atoms with van der Waals surface area (Å²) in [5.74, 6) is 1.32. The molecule has 0 spiro atoms. The second kappa shape index (κ2) is 4.14. The molecule has 0 unspecified atom stereocenters. The first kappa shape index (κ1) is 11.6. The highest BCUT2D eigenvalue weighted by Gasteiger charge is 2.46. The van der Waals surface area contributed by atoms with Gasteiger partial charge in [-0.1, -0.05) is 0 Å². The van der Waals surface area contributed by atoms with E-state index in [1.807, 2.05) is 0 Å². The van der Waals surface area contributed by atoms with Gasteiger partial charge in [0.2, 0.25) is 0 Å². The summed E-state index contributed by atoms with van der Waals surface area (Å²) in [7, 11) is 0. The lowest BCUT2D eigenvalue weighted by molar-refractivity contribution is -0.123. The van der Waals surface area contributed by atoms with Gasteiger partial charge in [0.1, 0.15) is 5.78 Å². The third-order valence-corrected chi connectivity index (χ3v) is 5.26. The first-order valence-corrected chi connectivity index (χ1v) is 7.34.